The van der Waals surface area contributed by atoms with Crippen LogP contribution in [0.2, 0.25) is 0 Å². The predicted molar refractivity (Wildman–Crippen MR) is 102 cm³/mol. The van der Waals surface area contributed by atoms with Gasteiger partial charge in [0.25, 0.3) is 5.69 Å². The molecule has 2 aromatic rings. The van der Waals surface area contributed by atoms with Crippen LogP contribution < -0.4 is 9.80 Å². The minimum Gasteiger partial charge on any atom is -0.363 e. The summed E-state index contributed by atoms with van der Waals surface area (Å²) in [5.41, 5.74) is 0.943. The van der Waals surface area contributed by atoms with Gasteiger partial charge in [0.1, 0.15) is 5.82 Å². The van der Waals surface area contributed by atoms with Crippen LogP contribution in [-0.2, 0) is 6.54 Å². The van der Waals surface area contributed by atoms with Crippen molar-refractivity contribution in [2.24, 2.45) is 0 Å². The molecule has 0 spiro atoms. The highest BCUT2D eigenvalue weighted by Gasteiger charge is 2.28. The number of hydrogen-bond acceptors (Lipinski definition) is 7. The SMILES string of the molecule is CN(C)c1ccnc(N(C)C2CCN(Cc3ccccc3[N+](=O)[O-])C2)n1. The second-order valence-corrected chi connectivity index (χ2v) is 6.78. The number of nitro groups is 1. The number of benzene rings is 1. The molecule has 8 heteroatoms. The van der Waals surface area contributed by atoms with Gasteiger partial charge in [0.15, 0.2) is 0 Å². The normalized spacial score (nSPS) is 17.3. The molecule has 1 aliphatic heterocycles. The molecule has 0 N–H and O–H groups in total. The first-order valence-corrected chi connectivity index (χ1v) is 8.63. The van der Waals surface area contributed by atoms with Gasteiger partial charge >= 0.3 is 0 Å². The maximum absolute atomic E-state index is 11.2. The molecule has 26 heavy (non-hydrogen) atoms. The van der Waals surface area contributed by atoms with Gasteiger partial charge in [-0.2, -0.15) is 4.98 Å². The van der Waals surface area contributed by atoms with Crippen LogP contribution in [-0.4, -0.2) is 60.1 Å². The fourth-order valence-electron chi connectivity index (χ4n) is 3.26. The Kier molecular flexibility index (Phi) is 5.32. The molecule has 0 saturated carbocycles. The summed E-state index contributed by atoms with van der Waals surface area (Å²) in [7, 11) is 5.92. The van der Waals surface area contributed by atoms with E-state index in [9.17, 15) is 10.1 Å². The van der Waals surface area contributed by atoms with E-state index >= 15 is 0 Å². The summed E-state index contributed by atoms with van der Waals surface area (Å²) >= 11 is 0. The number of nitro benzene ring substituents is 1. The molecule has 138 valence electrons. The Hall–Kier alpha value is -2.74. The van der Waals surface area contributed by atoms with Gasteiger partial charge in [-0.3, -0.25) is 15.0 Å². The maximum Gasteiger partial charge on any atom is 0.273 e. The number of para-hydroxylation sites is 1. The fourth-order valence-corrected chi connectivity index (χ4v) is 3.26. The number of nitrogens with zero attached hydrogens (tertiary/aromatic N) is 6. The van der Waals surface area contributed by atoms with E-state index in [0.717, 1.165) is 30.9 Å². The van der Waals surface area contributed by atoms with Gasteiger partial charge < -0.3 is 9.80 Å². The first-order valence-electron chi connectivity index (χ1n) is 8.63. The summed E-state index contributed by atoms with van der Waals surface area (Å²) in [4.78, 5) is 26.2. The lowest BCUT2D eigenvalue weighted by Crippen LogP contribution is -2.35. The van der Waals surface area contributed by atoms with Crippen molar-refractivity contribution in [2.75, 3.05) is 44.0 Å². The summed E-state index contributed by atoms with van der Waals surface area (Å²) in [6.45, 7) is 2.31. The smallest absolute Gasteiger partial charge is 0.273 e. The number of aromatic nitrogens is 2. The zero-order valence-electron chi connectivity index (χ0n) is 15.4. The van der Waals surface area contributed by atoms with Crippen LogP contribution in [0.5, 0.6) is 0 Å². The third kappa shape index (κ3) is 3.91. The molecule has 1 saturated heterocycles. The number of hydrogen-bond donors (Lipinski definition) is 0. The predicted octanol–water partition coefficient (Wildman–Crippen LogP) is 2.16. The largest absolute Gasteiger partial charge is 0.363 e. The molecule has 3 rings (SSSR count). The maximum atomic E-state index is 11.2. The average Bonchev–Trinajstić information content (AvgIpc) is 3.10. The molecular weight excluding hydrogens is 332 g/mol. The van der Waals surface area contributed by atoms with Gasteiger partial charge in [-0.25, -0.2) is 4.98 Å². The van der Waals surface area contributed by atoms with E-state index in [1.165, 1.54) is 0 Å². The van der Waals surface area contributed by atoms with E-state index in [1.807, 2.05) is 44.2 Å². The molecular formula is C18H24N6O2. The van der Waals surface area contributed by atoms with Gasteiger partial charge in [0, 0.05) is 64.6 Å². The lowest BCUT2D eigenvalue weighted by Gasteiger charge is -2.25. The number of likely N-dealkylation sites (N-methyl/N-ethyl adjacent to an activating group) is 1. The van der Waals surface area contributed by atoms with Crippen molar-refractivity contribution in [3.8, 4) is 0 Å². The number of rotatable bonds is 6. The highest BCUT2D eigenvalue weighted by Crippen LogP contribution is 2.24. The molecule has 1 atom stereocenters. The number of likely N-dealkylation sites (tertiary alicyclic amines) is 1. The van der Waals surface area contributed by atoms with Crippen molar-refractivity contribution in [2.45, 2.75) is 19.0 Å². The summed E-state index contributed by atoms with van der Waals surface area (Å²) in [5, 5.41) is 11.2. The van der Waals surface area contributed by atoms with Crippen molar-refractivity contribution in [1.29, 1.82) is 0 Å². The van der Waals surface area contributed by atoms with Crippen molar-refractivity contribution < 1.29 is 4.92 Å². The van der Waals surface area contributed by atoms with Crippen LogP contribution in [0.15, 0.2) is 36.5 Å². The Labute approximate surface area is 153 Å². The molecule has 0 aliphatic carbocycles. The van der Waals surface area contributed by atoms with E-state index in [0.29, 0.717) is 12.5 Å². The molecule has 1 aromatic carbocycles. The van der Waals surface area contributed by atoms with Crippen LogP contribution in [0, 0.1) is 10.1 Å². The highest BCUT2D eigenvalue weighted by molar-refractivity contribution is 5.43. The minimum atomic E-state index is -0.310. The van der Waals surface area contributed by atoms with E-state index in [4.69, 9.17) is 0 Å². The Morgan fingerprint density at radius 3 is 2.77 bits per heavy atom. The van der Waals surface area contributed by atoms with Crippen molar-refractivity contribution in [1.82, 2.24) is 14.9 Å². The quantitative estimate of drug-likeness (QED) is 0.580. The van der Waals surface area contributed by atoms with Gasteiger partial charge in [0.2, 0.25) is 5.95 Å². The van der Waals surface area contributed by atoms with Crippen molar-refractivity contribution in [3.63, 3.8) is 0 Å². The van der Waals surface area contributed by atoms with Gasteiger partial charge in [-0.05, 0) is 12.5 Å². The summed E-state index contributed by atoms with van der Waals surface area (Å²) in [6, 6.07) is 9.12. The van der Waals surface area contributed by atoms with E-state index in [2.05, 4.69) is 19.8 Å². The molecule has 1 aromatic heterocycles. The van der Waals surface area contributed by atoms with Gasteiger partial charge in [-0.1, -0.05) is 18.2 Å². The zero-order valence-corrected chi connectivity index (χ0v) is 15.4. The second-order valence-electron chi connectivity index (χ2n) is 6.78. The molecule has 2 heterocycles. The lowest BCUT2D eigenvalue weighted by molar-refractivity contribution is -0.385. The summed E-state index contributed by atoms with van der Waals surface area (Å²) in [6.07, 6.45) is 2.75. The molecule has 1 fully saturated rings. The third-order valence-corrected chi connectivity index (χ3v) is 4.78. The van der Waals surface area contributed by atoms with Crippen LogP contribution in [0.3, 0.4) is 0 Å². The van der Waals surface area contributed by atoms with Crippen LogP contribution >= 0.6 is 0 Å². The Morgan fingerprint density at radius 1 is 1.27 bits per heavy atom. The van der Waals surface area contributed by atoms with Crippen LogP contribution in [0.4, 0.5) is 17.5 Å². The van der Waals surface area contributed by atoms with Gasteiger partial charge in [-0.15, -0.1) is 0 Å². The number of anilines is 2. The van der Waals surface area contributed by atoms with E-state index in [-0.39, 0.29) is 16.7 Å². The monoisotopic (exact) mass is 356 g/mol. The molecule has 8 nitrogen and oxygen atoms in total. The standard InChI is InChI=1S/C18H24N6O2/c1-21(2)17-8-10-19-18(20-17)22(3)15-9-11-23(13-15)12-14-6-4-5-7-16(14)24(25)26/h4-8,10,15H,9,11-13H2,1-3H3. The fraction of sp³-hybridized carbons (Fsp3) is 0.444. The molecule has 0 amide bonds. The van der Waals surface area contributed by atoms with Crippen LogP contribution in [0.1, 0.15) is 12.0 Å². The van der Waals surface area contributed by atoms with Crippen LogP contribution in [0.25, 0.3) is 0 Å². The van der Waals surface area contributed by atoms with E-state index in [1.54, 1.807) is 18.3 Å². The Morgan fingerprint density at radius 2 is 2.04 bits per heavy atom. The zero-order chi connectivity index (χ0) is 18.7. The second kappa shape index (κ2) is 7.65. The molecule has 1 aliphatic rings. The molecule has 1 unspecified atom stereocenters. The van der Waals surface area contributed by atoms with Crippen molar-refractivity contribution >= 4 is 17.5 Å². The van der Waals surface area contributed by atoms with Gasteiger partial charge in [0.05, 0.1) is 4.92 Å². The Bertz CT molecular complexity index is 782. The molecule has 0 bridgehead atoms. The first-order chi connectivity index (χ1) is 12.5. The topological polar surface area (TPSA) is 78.6 Å². The average molecular weight is 356 g/mol. The van der Waals surface area contributed by atoms with Crippen molar-refractivity contribution in [3.05, 3.63) is 52.2 Å². The Balaban J connectivity index is 1.67. The highest BCUT2D eigenvalue weighted by atomic mass is 16.6. The third-order valence-electron chi connectivity index (χ3n) is 4.78. The first kappa shape index (κ1) is 18.1. The van der Waals surface area contributed by atoms with E-state index < -0.39 is 0 Å². The minimum absolute atomic E-state index is 0.186. The summed E-state index contributed by atoms with van der Waals surface area (Å²) in [5.74, 6) is 1.57. The summed E-state index contributed by atoms with van der Waals surface area (Å²) < 4.78 is 0. The lowest BCUT2D eigenvalue weighted by atomic mass is 10.1. The molecule has 0 radical (unpaired) electrons.